The van der Waals surface area contributed by atoms with Crippen molar-refractivity contribution in [2.24, 2.45) is 5.92 Å². The van der Waals surface area contributed by atoms with Crippen LogP contribution in [0.3, 0.4) is 0 Å². The maximum Gasteiger partial charge on any atom is 0.308 e. The Kier molecular flexibility index (Phi) is 4.91. The van der Waals surface area contributed by atoms with E-state index in [-0.39, 0.29) is 6.04 Å². The van der Waals surface area contributed by atoms with Crippen LogP contribution in [0.15, 0.2) is 12.1 Å². The minimum atomic E-state index is -0.740. The molecule has 3 nitrogen and oxygen atoms in total. The molecule has 0 aliphatic carbocycles. The smallest absolute Gasteiger partial charge is 0.308 e. The van der Waals surface area contributed by atoms with Gasteiger partial charge < -0.3 is 10.4 Å². The highest BCUT2D eigenvalue weighted by molar-refractivity contribution is 5.71. The fourth-order valence-electron chi connectivity index (χ4n) is 2.78. The lowest BCUT2D eigenvalue weighted by Crippen LogP contribution is -2.31. The number of hydrogen-bond donors (Lipinski definition) is 2. The summed E-state index contributed by atoms with van der Waals surface area (Å²) < 4.78 is 0. The summed E-state index contributed by atoms with van der Waals surface area (Å²) in [6.07, 6.45) is 0.619. The number of nitrogens with one attached hydrogen (secondary N) is 1. The maximum atomic E-state index is 11.4. The zero-order chi connectivity index (χ0) is 13.9. The summed E-state index contributed by atoms with van der Waals surface area (Å²) >= 11 is 0. The highest BCUT2D eigenvalue weighted by Crippen LogP contribution is 2.30. The topological polar surface area (TPSA) is 49.3 Å². The van der Waals surface area contributed by atoms with Gasteiger partial charge in [0.1, 0.15) is 0 Å². The number of carboxylic acids is 1. The van der Waals surface area contributed by atoms with Crippen LogP contribution < -0.4 is 5.32 Å². The van der Waals surface area contributed by atoms with Gasteiger partial charge in [0.15, 0.2) is 0 Å². The molecule has 3 heteroatoms. The van der Waals surface area contributed by atoms with Gasteiger partial charge in [0, 0.05) is 6.04 Å². The SMILES string of the molecule is CCC(C(=O)O)C(NC)c1c(C)cc(C)cc1C. The van der Waals surface area contributed by atoms with Crippen molar-refractivity contribution in [2.75, 3.05) is 7.05 Å². The molecule has 2 N–H and O–H groups in total. The lowest BCUT2D eigenvalue weighted by Gasteiger charge is -2.26. The quantitative estimate of drug-likeness (QED) is 0.843. The van der Waals surface area contributed by atoms with Crippen LogP contribution in [-0.2, 0) is 4.79 Å². The number of carboxylic acid groups (broad SMARTS) is 1. The molecule has 1 aromatic rings. The van der Waals surface area contributed by atoms with Gasteiger partial charge in [-0.05, 0) is 50.9 Å². The standard InChI is InChI=1S/C15H23NO2/c1-6-12(15(17)18)14(16-5)13-10(3)7-9(2)8-11(13)4/h7-8,12,14,16H,6H2,1-5H3,(H,17,18). The lowest BCUT2D eigenvalue weighted by atomic mass is 9.85. The number of carbonyl (C=O) groups is 1. The Morgan fingerprint density at radius 1 is 1.28 bits per heavy atom. The van der Waals surface area contributed by atoms with E-state index in [1.165, 1.54) is 5.56 Å². The van der Waals surface area contributed by atoms with Gasteiger partial charge in [-0.15, -0.1) is 0 Å². The molecule has 0 radical (unpaired) electrons. The Hall–Kier alpha value is -1.35. The number of benzene rings is 1. The average Bonchev–Trinajstić information content (AvgIpc) is 2.25. The first-order valence-corrected chi connectivity index (χ1v) is 6.40. The zero-order valence-corrected chi connectivity index (χ0v) is 11.9. The van der Waals surface area contributed by atoms with Crippen LogP contribution in [0, 0.1) is 26.7 Å². The summed E-state index contributed by atoms with van der Waals surface area (Å²) in [4.78, 5) is 11.4. The number of hydrogen-bond acceptors (Lipinski definition) is 2. The summed E-state index contributed by atoms with van der Waals surface area (Å²) in [5.41, 5.74) is 4.66. The molecule has 1 rings (SSSR count). The van der Waals surface area contributed by atoms with Crippen LogP contribution >= 0.6 is 0 Å². The van der Waals surface area contributed by atoms with Gasteiger partial charge in [0.05, 0.1) is 5.92 Å². The minimum Gasteiger partial charge on any atom is -0.481 e. The van der Waals surface area contributed by atoms with E-state index in [9.17, 15) is 9.90 Å². The van der Waals surface area contributed by atoms with E-state index >= 15 is 0 Å². The van der Waals surface area contributed by atoms with Crippen molar-refractivity contribution in [1.82, 2.24) is 5.32 Å². The van der Waals surface area contributed by atoms with E-state index in [1.807, 2.05) is 27.8 Å². The zero-order valence-electron chi connectivity index (χ0n) is 11.9. The van der Waals surface area contributed by atoms with E-state index in [4.69, 9.17) is 0 Å². The average molecular weight is 249 g/mol. The predicted octanol–water partition coefficient (Wildman–Crippen LogP) is 2.98. The maximum absolute atomic E-state index is 11.4. The predicted molar refractivity (Wildman–Crippen MR) is 73.9 cm³/mol. The second-order valence-electron chi connectivity index (χ2n) is 4.93. The third-order valence-corrected chi connectivity index (χ3v) is 3.52. The number of rotatable bonds is 5. The minimum absolute atomic E-state index is 0.131. The van der Waals surface area contributed by atoms with E-state index in [0.29, 0.717) is 6.42 Å². The molecule has 0 aliphatic rings. The lowest BCUT2D eigenvalue weighted by molar-refractivity contribution is -0.143. The van der Waals surface area contributed by atoms with E-state index in [0.717, 1.165) is 16.7 Å². The molecule has 18 heavy (non-hydrogen) atoms. The Morgan fingerprint density at radius 3 is 2.11 bits per heavy atom. The van der Waals surface area contributed by atoms with Gasteiger partial charge >= 0.3 is 5.97 Å². The van der Waals surface area contributed by atoms with Crippen LogP contribution in [0.4, 0.5) is 0 Å². The monoisotopic (exact) mass is 249 g/mol. The molecule has 100 valence electrons. The molecule has 0 aliphatic heterocycles. The molecule has 2 atom stereocenters. The number of aliphatic carboxylic acids is 1. The molecule has 0 saturated heterocycles. The molecular weight excluding hydrogens is 226 g/mol. The van der Waals surface area contributed by atoms with Crippen molar-refractivity contribution >= 4 is 5.97 Å². The summed E-state index contributed by atoms with van der Waals surface area (Å²) in [6.45, 7) is 8.08. The summed E-state index contributed by atoms with van der Waals surface area (Å²) in [5.74, 6) is -1.13. The Labute approximate surface area is 109 Å². The molecule has 0 heterocycles. The highest BCUT2D eigenvalue weighted by Gasteiger charge is 2.28. The molecule has 0 saturated carbocycles. The molecule has 1 aromatic carbocycles. The Morgan fingerprint density at radius 2 is 1.78 bits per heavy atom. The molecule has 0 spiro atoms. The molecular formula is C15H23NO2. The van der Waals surface area contributed by atoms with Crippen molar-refractivity contribution in [3.05, 3.63) is 34.4 Å². The van der Waals surface area contributed by atoms with Gasteiger partial charge in [0.2, 0.25) is 0 Å². The first-order chi connectivity index (χ1) is 8.42. The molecule has 0 fully saturated rings. The second-order valence-corrected chi connectivity index (χ2v) is 4.93. The van der Waals surface area contributed by atoms with E-state index in [1.54, 1.807) is 0 Å². The Bertz CT molecular complexity index is 417. The fourth-order valence-corrected chi connectivity index (χ4v) is 2.78. The Balaban J connectivity index is 3.28. The van der Waals surface area contributed by atoms with Gasteiger partial charge in [-0.3, -0.25) is 4.79 Å². The van der Waals surface area contributed by atoms with Crippen molar-refractivity contribution in [3.8, 4) is 0 Å². The summed E-state index contributed by atoms with van der Waals surface area (Å²) in [7, 11) is 1.83. The molecule has 0 aromatic heterocycles. The third-order valence-electron chi connectivity index (χ3n) is 3.52. The van der Waals surface area contributed by atoms with Crippen LogP contribution in [0.2, 0.25) is 0 Å². The van der Waals surface area contributed by atoms with Gasteiger partial charge in [0.25, 0.3) is 0 Å². The third kappa shape index (κ3) is 2.91. The highest BCUT2D eigenvalue weighted by atomic mass is 16.4. The van der Waals surface area contributed by atoms with Gasteiger partial charge in [-0.2, -0.15) is 0 Å². The largest absolute Gasteiger partial charge is 0.481 e. The van der Waals surface area contributed by atoms with Crippen molar-refractivity contribution in [2.45, 2.75) is 40.2 Å². The van der Waals surface area contributed by atoms with Gasteiger partial charge in [-0.25, -0.2) is 0 Å². The van der Waals surface area contributed by atoms with E-state index in [2.05, 4.69) is 24.4 Å². The molecule has 0 bridgehead atoms. The normalized spacial score (nSPS) is 14.3. The van der Waals surface area contributed by atoms with Crippen molar-refractivity contribution in [3.63, 3.8) is 0 Å². The first-order valence-electron chi connectivity index (χ1n) is 6.40. The van der Waals surface area contributed by atoms with Crippen LogP contribution in [-0.4, -0.2) is 18.1 Å². The van der Waals surface area contributed by atoms with Crippen LogP contribution in [0.1, 0.15) is 41.6 Å². The first kappa shape index (κ1) is 14.7. The fraction of sp³-hybridized carbons (Fsp3) is 0.533. The molecule has 2 unspecified atom stereocenters. The molecule has 0 amide bonds. The van der Waals surface area contributed by atoms with Crippen LogP contribution in [0.25, 0.3) is 0 Å². The van der Waals surface area contributed by atoms with Gasteiger partial charge in [-0.1, -0.05) is 24.6 Å². The van der Waals surface area contributed by atoms with Crippen molar-refractivity contribution < 1.29 is 9.90 Å². The van der Waals surface area contributed by atoms with Crippen LogP contribution in [0.5, 0.6) is 0 Å². The summed E-state index contributed by atoms with van der Waals surface area (Å²) in [5, 5.41) is 12.5. The van der Waals surface area contributed by atoms with E-state index < -0.39 is 11.9 Å². The van der Waals surface area contributed by atoms with Crippen molar-refractivity contribution in [1.29, 1.82) is 0 Å². The summed E-state index contributed by atoms with van der Waals surface area (Å²) in [6, 6.07) is 4.09. The number of aryl methyl sites for hydroxylation is 3. The second kappa shape index (κ2) is 6.01.